The van der Waals surface area contributed by atoms with E-state index in [1.165, 1.54) is 24.1 Å². The van der Waals surface area contributed by atoms with Crippen LogP contribution in [0.1, 0.15) is 56.6 Å². The minimum atomic E-state index is -0.892. The first-order chi connectivity index (χ1) is 16.8. The second kappa shape index (κ2) is 12.4. The summed E-state index contributed by atoms with van der Waals surface area (Å²) in [6.45, 7) is 1.97. The van der Waals surface area contributed by atoms with Crippen molar-refractivity contribution in [3.8, 4) is 5.75 Å². The Morgan fingerprint density at radius 3 is 2.37 bits per heavy atom. The van der Waals surface area contributed by atoms with Crippen LogP contribution in [-0.2, 0) is 19.1 Å². The molecular formula is C25H35N3O7. The molecule has 10 nitrogen and oxygen atoms in total. The van der Waals surface area contributed by atoms with E-state index in [-0.39, 0.29) is 29.9 Å². The number of nitrogens with zero attached hydrogens (tertiary/aromatic N) is 2. The maximum Gasteiger partial charge on any atom is 0.407 e. The number of methoxy groups -OCH3 is 1. The van der Waals surface area contributed by atoms with Crippen LogP contribution in [0.4, 0.5) is 4.79 Å². The molecule has 2 aliphatic rings. The third-order valence-electron chi connectivity index (χ3n) is 7.01. The highest BCUT2D eigenvalue weighted by Gasteiger charge is 2.31. The van der Waals surface area contributed by atoms with Crippen molar-refractivity contribution >= 4 is 23.9 Å². The van der Waals surface area contributed by atoms with Gasteiger partial charge in [0, 0.05) is 32.6 Å². The molecule has 1 aromatic carbocycles. The molecule has 0 saturated carbocycles. The summed E-state index contributed by atoms with van der Waals surface area (Å²) in [5.41, 5.74) is 0.680. The molecule has 10 heteroatoms. The predicted octanol–water partition coefficient (Wildman–Crippen LogP) is 2.52. The van der Waals surface area contributed by atoms with Crippen LogP contribution in [0.5, 0.6) is 5.75 Å². The van der Waals surface area contributed by atoms with E-state index in [2.05, 4.69) is 5.32 Å². The van der Waals surface area contributed by atoms with Gasteiger partial charge >= 0.3 is 12.1 Å². The zero-order valence-corrected chi connectivity index (χ0v) is 20.1. The first-order valence-corrected chi connectivity index (χ1v) is 12.2. The number of aromatic hydroxyl groups is 1. The Balaban J connectivity index is 1.52. The van der Waals surface area contributed by atoms with E-state index in [9.17, 15) is 24.3 Å². The number of rotatable bonds is 8. The number of hydrogen-bond acceptors (Lipinski definition) is 6. The smallest absolute Gasteiger partial charge is 0.407 e. The van der Waals surface area contributed by atoms with E-state index < -0.39 is 18.1 Å². The highest BCUT2D eigenvalue weighted by atomic mass is 16.5. The number of likely N-dealkylation sites (tertiary alicyclic amines) is 2. The number of carbonyl (C=O) groups is 4. The Kier molecular flexibility index (Phi) is 9.33. The second-order valence-corrected chi connectivity index (χ2v) is 9.36. The molecule has 1 unspecified atom stereocenters. The molecule has 1 aromatic rings. The number of hydrogen-bond donors (Lipinski definition) is 3. The molecule has 3 N–H and O–H groups in total. The largest absolute Gasteiger partial charge is 0.508 e. The summed E-state index contributed by atoms with van der Waals surface area (Å²) in [6.07, 6.45) is 3.10. The van der Waals surface area contributed by atoms with Gasteiger partial charge in [-0.05, 0) is 55.7 Å². The molecule has 0 radical (unpaired) electrons. The molecule has 35 heavy (non-hydrogen) atoms. The average Bonchev–Trinajstić information content (AvgIpc) is 2.87. The standard InChI is InChI=1S/C25H35N3O7/c1-35-23(31)15-21(18-5-7-20(29)8-6-18)26-24(32)19-3-2-12-28(16-19)22(30)9-4-17-10-13-27(14-11-17)25(33)34/h5-8,17,19,21,29H,2-4,9-16H2,1H3,(H,26,32)(H,33,34)/t19-,21?/m1/s1. The van der Waals surface area contributed by atoms with E-state index in [1.54, 1.807) is 17.0 Å². The van der Waals surface area contributed by atoms with Gasteiger partial charge in [-0.3, -0.25) is 14.4 Å². The third kappa shape index (κ3) is 7.60. The summed E-state index contributed by atoms with van der Waals surface area (Å²) in [5.74, 6) is -0.603. The van der Waals surface area contributed by atoms with Gasteiger partial charge in [0.1, 0.15) is 5.75 Å². The first-order valence-electron chi connectivity index (χ1n) is 12.2. The highest BCUT2D eigenvalue weighted by molar-refractivity contribution is 5.82. The quantitative estimate of drug-likeness (QED) is 0.477. The van der Waals surface area contributed by atoms with E-state index >= 15 is 0 Å². The van der Waals surface area contributed by atoms with Crippen molar-refractivity contribution < 1.29 is 34.1 Å². The molecule has 2 saturated heterocycles. The van der Waals surface area contributed by atoms with E-state index in [1.807, 2.05) is 0 Å². The maximum atomic E-state index is 13.1. The number of benzene rings is 1. The normalized spacial score (nSPS) is 19.6. The Hall–Kier alpha value is -3.30. The van der Waals surface area contributed by atoms with E-state index in [0.717, 1.165) is 25.7 Å². The molecule has 0 aliphatic carbocycles. The minimum Gasteiger partial charge on any atom is -0.508 e. The SMILES string of the molecule is COC(=O)CC(NC(=O)[C@@H]1CCCN(C(=O)CCC2CCN(C(=O)O)CC2)C1)c1ccc(O)cc1. The highest BCUT2D eigenvalue weighted by Crippen LogP contribution is 2.25. The number of phenols is 1. The van der Waals surface area contributed by atoms with E-state index in [4.69, 9.17) is 9.84 Å². The van der Waals surface area contributed by atoms with Crippen LogP contribution in [0.3, 0.4) is 0 Å². The summed E-state index contributed by atoms with van der Waals surface area (Å²) in [4.78, 5) is 52.0. The van der Waals surface area contributed by atoms with Crippen molar-refractivity contribution in [3.05, 3.63) is 29.8 Å². The molecule has 3 rings (SSSR count). The minimum absolute atomic E-state index is 0.0211. The number of amides is 3. The molecule has 0 aromatic heterocycles. The maximum absolute atomic E-state index is 13.1. The Labute approximate surface area is 205 Å². The zero-order chi connectivity index (χ0) is 25.4. The van der Waals surface area contributed by atoms with Gasteiger partial charge in [-0.2, -0.15) is 0 Å². The van der Waals surface area contributed by atoms with Crippen molar-refractivity contribution in [2.24, 2.45) is 11.8 Å². The molecule has 0 spiro atoms. The fraction of sp³-hybridized carbons (Fsp3) is 0.600. The van der Waals surface area contributed by atoms with E-state index in [0.29, 0.717) is 50.5 Å². The van der Waals surface area contributed by atoms with Crippen molar-refractivity contribution in [1.29, 1.82) is 0 Å². The topological polar surface area (TPSA) is 136 Å². The lowest BCUT2D eigenvalue weighted by molar-refractivity contribution is -0.141. The van der Waals surface area contributed by atoms with Crippen LogP contribution in [0.2, 0.25) is 0 Å². The Morgan fingerprint density at radius 2 is 1.74 bits per heavy atom. The Bertz CT molecular complexity index is 897. The van der Waals surface area contributed by atoms with Crippen LogP contribution in [-0.4, -0.2) is 77.2 Å². The van der Waals surface area contributed by atoms with Crippen LogP contribution in [0, 0.1) is 11.8 Å². The lowest BCUT2D eigenvalue weighted by atomic mass is 9.91. The number of esters is 1. The Morgan fingerprint density at radius 1 is 1.06 bits per heavy atom. The van der Waals surface area contributed by atoms with Gasteiger partial charge in [0.15, 0.2) is 0 Å². The molecule has 2 aliphatic heterocycles. The molecule has 2 fully saturated rings. The van der Waals surface area contributed by atoms with Crippen LogP contribution >= 0.6 is 0 Å². The number of carbonyl (C=O) groups excluding carboxylic acids is 3. The fourth-order valence-corrected chi connectivity index (χ4v) is 4.81. The van der Waals surface area contributed by atoms with Gasteiger partial charge in [-0.1, -0.05) is 12.1 Å². The van der Waals surface area contributed by atoms with Crippen LogP contribution in [0.25, 0.3) is 0 Å². The number of carboxylic acid groups (broad SMARTS) is 1. The first kappa shape index (κ1) is 26.3. The molecule has 2 atom stereocenters. The van der Waals surface area contributed by atoms with Gasteiger partial charge in [0.05, 0.1) is 25.5 Å². The van der Waals surface area contributed by atoms with Crippen LogP contribution < -0.4 is 5.32 Å². The van der Waals surface area contributed by atoms with Crippen molar-refractivity contribution in [3.63, 3.8) is 0 Å². The number of phenolic OH excluding ortho intramolecular Hbond substituents is 1. The molecule has 3 amide bonds. The van der Waals surface area contributed by atoms with Gasteiger partial charge in [-0.15, -0.1) is 0 Å². The number of piperidine rings is 2. The van der Waals surface area contributed by atoms with Gasteiger partial charge < -0.3 is 30.1 Å². The van der Waals surface area contributed by atoms with Crippen molar-refractivity contribution in [2.45, 2.75) is 51.0 Å². The molecule has 0 bridgehead atoms. The molecule has 2 heterocycles. The second-order valence-electron chi connectivity index (χ2n) is 9.36. The zero-order valence-electron chi connectivity index (χ0n) is 20.1. The predicted molar refractivity (Wildman–Crippen MR) is 126 cm³/mol. The third-order valence-corrected chi connectivity index (χ3v) is 7.01. The summed E-state index contributed by atoms with van der Waals surface area (Å²) in [7, 11) is 1.29. The number of ether oxygens (including phenoxy) is 1. The van der Waals surface area contributed by atoms with Crippen molar-refractivity contribution in [2.75, 3.05) is 33.3 Å². The summed E-state index contributed by atoms with van der Waals surface area (Å²) in [6, 6.07) is 5.71. The average molecular weight is 490 g/mol. The summed E-state index contributed by atoms with van der Waals surface area (Å²) >= 11 is 0. The lowest BCUT2D eigenvalue weighted by Crippen LogP contribution is -2.46. The number of nitrogens with one attached hydrogen (secondary N) is 1. The monoisotopic (exact) mass is 489 g/mol. The van der Waals surface area contributed by atoms with Crippen molar-refractivity contribution in [1.82, 2.24) is 15.1 Å². The summed E-state index contributed by atoms with van der Waals surface area (Å²) in [5, 5.41) is 21.6. The van der Waals surface area contributed by atoms with Gasteiger partial charge in [0.2, 0.25) is 11.8 Å². The van der Waals surface area contributed by atoms with Gasteiger partial charge in [0.25, 0.3) is 0 Å². The van der Waals surface area contributed by atoms with Gasteiger partial charge in [-0.25, -0.2) is 4.79 Å². The summed E-state index contributed by atoms with van der Waals surface area (Å²) < 4.78 is 4.77. The molecule has 192 valence electrons. The lowest BCUT2D eigenvalue weighted by Gasteiger charge is -2.34. The fourth-order valence-electron chi connectivity index (χ4n) is 4.81. The van der Waals surface area contributed by atoms with Crippen LogP contribution in [0.15, 0.2) is 24.3 Å². The molecular weight excluding hydrogens is 454 g/mol.